The van der Waals surface area contributed by atoms with Crippen LogP contribution in [0.3, 0.4) is 0 Å². The lowest BCUT2D eigenvalue weighted by Gasteiger charge is -2.34. The van der Waals surface area contributed by atoms with Gasteiger partial charge in [-0.1, -0.05) is 6.92 Å². The van der Waals surface area contributed by atoms with Crippen LogP contribution in [0.2, 0.25) is 0 Å². The highest BCUT2D eigenvalue weighted by Crippen LogP contribution is 2.19. The fourth-order valence-corrected chi connectivity index (χ4v) is 3.75. The molecule has 2 aromatic heterocycles. The molecule has 1 amide bonds. The number of primary amides is 1. The van der Waals surface area contributed by atoms with Crippen molar-refractivity contribution in [2.45, 2.75) is 13.3 Å². The molecule has 8 heteroatoms. The van der Waals surface area contributed by atoms with E-state index in [1.165, 1.54) is 0 Å². The van der Waals surface area contributed by atoms with Crippen molar-refractivity contribution < 1.29 is 9.00 Å². The van der Waals surface area contributed by atoms with Gasteiger partial charge in [0.1, 0.15) is 22.4 Å². The molecule has 23 heavy (non-hydrogen) atoms. The van der Waals surface area contributed by atoms with Crippen molar-refractivity contribution in [3.8, 4) is 0 Å². The fraction of sp³-hybridized carbons (Fsp3) is 0.467. The van der Waals surface area contributed by atoms with Gasteiger partial charge < -0.3 is 15.0 Å². The molecule has 1 unspecified atom stereocenters. The first-order valence-electron chi connectivity index (χ1n) is 7.71. The van der Waals surface area contributed by atoms with E-state index in [9.17, 15) is 9.00 Å². The second-order valence-electron chi connectivity index (χ2n) is 5.59. The number of imidazole rings is 1. The lowest BCUT2D eigenvalue weighted by atomic mass is 10.3. The molecule has 1 atom stereocenters. The summed E-state index contributed by atoms with van der Waals surface area (Å²) in [4.78, 5) is 17.7. The zero-order valence-electron chi connectivity index (χ0n) is 13.1. The Labute approximate surface area is 137 Å². The van der Waals surface area contributed by atoms with Crippen LogP contribution >= 0.6 is 0 Å². The van der Waals surface area contributed by atoms with Crippen LogP contribution in [0.4, 0.5) is 5.69 Å². The Kier molecular flexibility index (Phi) is 4.63. The Morgan fingerprint density at radius 1 is 1.26 bits per heavy atom. The lowest BCUT2D eigenvalue weighted by molar-refractivity contribution is -0.115. The Morgan fingerprint density at radius 2 is 2.00 bits per heavy atom. The van der Waals surface area contributed by atoms with E-state index in [0.717, 1.165) is 36.5 Å². The van der Waals surface area contributed by atoms with Crippen LogP contribution in [0, 0.1) is 0 Å². The summed E-state index contributed by atoms with van der Waals surface area (Å²) >= 11 is 0. The molecule has 0 saturated carbocycles. The minimum absolute atomic E-state index is 0.0964. The third-order valence-corrected chi connectivity index (χ3v) is 5.48. The van der Waals surface area contributed by atoms with Crippen molar-refractivity contribution in [2.75, 3.05) is 36.8 Å². The van der Waals surface area contributed by atoms with Crippen molar-refractivity contribution in [3.63, 3.8) is 0 Å². The topological polar surface area (TPSA) is 83.9 Å². The van der Waals surface area contributed by atoms with Crippen LogP contribution in [0.1, 0.15) is 12.6 Å². The number of aromatic nitrogens is 2. The molecule has 0 aliphatic carbocycles. The Hall–Kier alpha value is -1.93. The second-order valence-corrected chi connectivity index (χ2v) is 7.03. The van der Waals surface area contributed by atoms with Crippen molar-refractivity contribution in [2.24, 2.45) is 5.73 Å². The zero-order valence-corrected chi connectivity index (χ0v) is 14.0. The number of piperazine rings is 1. The summed E-state index contributed by atoms with van der Waals surface area (Å²) in [5.74, 6) is -0.621. The molecule has 7 nitrogen and oxygen atoms in total. The highest BCUT2D eigenvalue weighted by Gasteiger charge is 2.22. The molecule has 124 valence electrons. The molecule has 2 N–H and O–H groups in total. The average Bonchev–Trinajstić information content (AvgIpc) is 2.96. The molecule has 1 saturated heterocycles. The SMILES string of the molecule is CCc1cn2cc(N3CCN(S(=O)CC(N)=O)CC3)ccc2n1. The fourth-order valence-electron chi connectivity index (χ4n) is 2.75. The quantitative estimate of drug-likeness (QED) is 0.844. The van der Waals surface area contributed by atoms with Gasteiger partial charge in [-0.05, 0) is 18.6 Å². The first-order chi connectivity index (χ1) is 11.1. The van der Waals surface area contributed by atoms with Crippen LogP contribution in [0.5, 0.6) is 0 Å². The predicted molar refractivity (Wildman–Crippen MR) is 90.6 cm³/mol. The van der Waals surface area contributed by atoms with Crippen LogP contribution in [0.15, 0.2) is 24.5 Å². The third-order valence-electron chi connectivity index (χ3n) is 4.01. The highest BCUT2D eigenvalue weighted by atomic mass is 32.2. The van der Waals surface area contributed by atoms with E-state index < -0.39 is 16.9 Å². The van der Waals surface area contributed by atoms with E-state index in [4.69, 9.17) is 5.73 Å². The molecular weight excluding hydrogens is 314 g/mol. The normalized spacial score (nSPS) is 17.5. The minimum Gasteiger partial charge on any atom is -0.369 e. The number of nitrogens with zero attached hydrogens (tertiary/aromatic N) is 4. The van der Waals surface area contributed by atoms with Gasteiger partial charge in [-0.25, -0.2) is 13.5 Å². The number of fused-ring (bicyclic) bond motifs is 1. The molecule has 0 radical (unpaired) electrons. The maximum absolute atomic E-state index is 12.0. The minimum atomic E-state index is -1.31. The molecule has 1 fully saturated rings. The van der Waals surface area contributed by atoms with E-state index in [2.05, 4.69) is 35.3 Å². The number of rotatable bonds is 5. The van der Waals surface area contributed by atoms with Crippen LogP contribution in [-0.2, 0) is 22.2 Å². The van der Waals surface area contributed by atoms with Gasteiger partial charge in [0.25, 0.3) is 0 Å². The third kappa shape index (κ3) is 3.53. The maximum atomic E-state index is 12.0. The van der Waals surface area contributed by atoms with Crippen molar-refractivity contribution >= 4 is 28.2 Å². The number of nitrogens with two attached hydrogens (primary N) is 1. The van der Waals surface area contributed by atoms with Crippen molar-refractivity contribution in [1.82, 2.24) is 13.7 Å². The Morgan fingerprint density at radius 3 is 2.65 bits per heavy atom. The summed E-state index contributed by atoms with van der Waals surface area (Å²) in [5.41, 5.74) is 8.26. The number of carbonyl (C=O) groups is 1. The number of carbonyl (C=O) groups excluding carboxylic acids is 1. The molecular formula is C15H21N5O2S. The van der Waals surface area contributed by atoms with Gasteiger partial charge in [-0.2, -0.15) is 0 Å². The van der Waals surface area contributed by atoms with Gasteiger partial charge in [0.15, 0.2) is 0 Å². The Bertz CT molecular complexity index is 737. The predicted octanol–water partition coefficient (Wildman–Crippen LogP) is 0.168. The molecule has 3 rings (SSSR count). The summed E-state index contributed by atoms with van der Waals surface area (Å²) in [5, 5.41) is 0. The summed E-state index contributed by atoms with van der Waals surface area (Å²) in [6, 6.07) is 4.09. The first kappa shape index (κ1) is 15.9. The summed E-state index contributed by atoms with van der Waals surface area (Å²) < 4.78 is 15.8. The molecule has 3 heterocycles. The van der Waals surface area contributed by atoms with E-state index in [0.29, 0.717) is 13.1 Å². The maximum Gasteiger partial charge on any atom is 0.231 e. The molecule has 1 aliphatic heterocycles. The van der Waals surface area contributed by atoms with Gasteiger partial charge in [0.05, 0.1) is 11.4 Å². The smallest absolute Gasteiger partial charge is 0.231 e. The Balaban J connectivity index is 1.67. The molecule has 0 aromatic carbocycles. The number of aryl methyl sites for hydroxylation is 1. The lowest BCUT2D eigenvalue weighted by Crippen LogP contribution is -2.48. The summed E-state index contributed by atoms with van der Waals surface area (Å²) in [6.07, 6.45) is 5.05. The van der Waals surface area contributed by atoms with E-state index >= 15 is 0 Å². The van der Waals surface area contributed by atoms with Gasteiger partial charge in [-0.15, -0.1) is 0 Å². The molecule has 0 spiro atoms. The van der Waals surface area contributed by atoms with Gasteiger partial charge >= 0.3 is 0 Å². The van der Waals surface area contributed by atoms with E-state index in [1.807, 2.05) is 14.8 Å². The summed E-state index contributed by atoms with van der Waals surface area (Å²) in [6.45, 7) is 4.94. The first-order valence-corrected chi connectivity index (χ1v) is 8.98. The number of pyridine rings is 1. The van der Waals surface area contributed by atoms with Gasteiger partial charge in [0, 0.05) is 38.6 Å². The van der Waals surface area contributed by atoms with Crippen LogP contribution < -0.4 is 10.6 Å². The van der Waals surface area contributed by atoms with Crippen molar-refractivity contribution in [3.05, 3.63) is 30.2 Å². The van der Waals surface area contributed by atoms with Gasteiger partial charge in [0.2, 0.25) is 5.91 Å². The monoisotopic (exact) mass is 335 g/mol. The molecule has 0 bridgehead atoms. The number of anilines is 1. The van der Waals surface area contributed by atoms with Crippen molar-refractivity contribution in [1.29, 1.82) is 0 Å². The largest absolute Gasteiger partial charge is 0.369 e. The van der Waals surface area contributed by atoms with Gasteiger partial charge in [-0.3, -0.25) is 4.79 Å². The number of amides is 1. The summed E-state index contributed by atoms with van der Waals surface area (Å²) in [7, 11) is -1.31. The zero-order chi connectivity index (χ0) is 16.4. The van der Waals surface area contributed by atoms with E-state index in [-0.39, 0.29) is 5.75 Å². The second kappa shape index (κ2) is 6.67. The molecule has 1 aliphatic rings. The molecule has 2 aromatic rings. The van der Waals surface area contributed by atoms with E-state index in [1.54, 1.807) is 0 Å². The standard InChI is InChI=1S/C15H21N5O2S/c1-2-12-9-19-10-13(3-4-15(19)17-12)18-5-7-20(8-6-18)23(22)11-14(16)21/h3-4,9-10H,2,5-8,11H2,1H3,(H2,16,21). The number of hydrogen-bond acceptors (Lipinski definition) is 4. The highest BCUT2D eigenvalue weighted by molar-refractivity contribution is 7.83. The number of hydrogen-bond donors (Lipinski definition) is 1. The average molecular weight is 335 g/mol. The van der Waals surface area contributed by atoms with Crippen LogP contribution in [0.25, 0.3) is 5.65 Å². The van der Waals surface area contributed by atoms with Crippen LogP contribution in [-0.4, -0.2) is 55.7 Å².